The lowest BCUT2D eigenvalue weighted by atomic mass is 10.1. The largest absolute Gasteiger partial charge is 0.469 e. The molecule has 0 N–H and O–H groups in total. The maximum atomic E-state index is 12.3. The first kappa shape index (κ1) is 14.6. The van der Waals surface area contributed by atoms with E-state index in [2.05, 4.69) is 25.4 Å². The third-order valence-electron chi connectivity index (χ3n) is 2.05. The van der Waals surface area contributed by atoms with Gasteiger partial charge >= 0.3 is 12.6 Å². The number of halogens is 3. The average molecular weight is 323 g/mol. The van der Waals surface area contributed by atoms with Crippen molar-refractivity contribution in [2.24, 2.45) is 0 Å². The summed E-state index contributed by atoms with van der Waals surface area (Å²) in [5.74, 6) is -0.801. The highest BCUT2D eigenvalue weighted by molar-refractivity contribution is 9.10. The predicted molar refractivity (Wildman–Crippen MR) is 61.9 cm³/mol. The lowest BCUT2D eigenvalue weighted by Gasteiger charge is -2.12. The van der Waals surface area contributed by atoms with Gasteiger partial charge in [0.2, 0.25) is 0 Å². The number of hydrogen-bond donors (Lipinski definition) is 0. The van der Waals surface area contributed by atoms with Crippen LogP contribution in [0.15, 0.2) is 16.6 Å². The number of rotatable bonds is 5. The average Bonchev–Trinajstić information content (AvgIpc) is 2.32. The normalized spacial score (nSPS) is 10.3. The van der Waals surface area contributed by atoms with Crippen LogP contribution < -0.4 is 4.74 Å². The minimum atomic E-state index is -3.03. The number of benzene rings is 1. The highest BCUT2D eigenvalue weighted by Crippen LogP contribution is 2.32. The molecule has 0 amide bonds. The summed E-state index contributed by atoms with van der Waals surface area (Å²) in [5.41, 5.74) is 0.390. The quantitative estimate of drug-likeness (QED) is 0.617. The SMILES string of the molecule is COC(=O)Cc1cc(C=O)cc(Br)c1OC(F)F. The first-order valence-electron chi connectivity index (χ1n) is 4.77. The van der Waals surface area contributed by atoms with Crippen LogP contribution in [0.1, 0.15) is 15.9 Å². The number of aldehydes is 1. The molecule has 1 aromatic carbocycles. The summed E-state index contributed by atoms with van der Waals surface area (Å²) in [7, 11) is 1.18. The van der Waals surface area contributed by atoms with E-state index in [0.717, 1.165) is 0 Å². The molecule has 0 fully saturated rings. The Balaban J connectivity index is 3.19. The second-order valence-corrected chi connectivity index (χ2v) is 4.09. The molecule has 98 valence electrons. The summed E-state index contributed by atoms with van der Waals surface area (Å²) in [6, 6.07) is 2.62. The van der Waals surface area contributed by atoms with E-state index in [4.69, 9.17) is 0 Å². The number of carbonyl (C=O) groups excluding carboxylic acids is 2. The van der Waals surface area contributed by atoms with Gasteiger partial charge in [0.05, 0.1) is 18.0 Å². The smallest absolute Gasteiger partial charge is 0.387 e. The van der Waals surface area contributed by atoms with Crippen LogP contribution in [0, 0.1) is 0 Å². The molecule has 7 heteroatoms. The van der Waals surface area contributed by atoms with E-state index in [0.29, 0.717) is 6.29 Å². The van der Waals surface area contributed by atoms with Crippen molar-refractivity contribution in [2.75, 3.05) is 7.11 Å². The highest BCUT2D eigenvalue weighted by Gasteiger charge is 2.17. The number of ether oxygens (including phenoxy) is 2. The van der Waals surface area contributed by atoms with E-state index in [1.54, 1.807) is 0 Å². The first-order valence-corrected chi connectivity index (χ1v) is 5.56. The molecule has 0 bridgehead atoms. The second-order valence-electron chi connectivity index (χ2n) is 3.24. The van der Waals surface area contributed by atoms with E-state index in [1.165, 1.54) is 19.2 Å². The molecule has 0 aromatic heterocycles. The van der Waals surface area contributed by atoms with Crippen molar-refractivity contribution in [3.63, 3.8) is 0 Å². The molecule has 0 unspecified atom stereocenters. The second kappa shape index (κ2) is 6.44. The van der Waals surface area contributed by atoms with Crippen molar-refractivity contribution in [2.45, 2.75) is 13.0 Å². The van der Waals surface area contributed by atoms with Gasteiger partial charge in [-0.2, -0.15) is 8.78 Å². The minimum Gasteiger partial charge on any atom is -0.469 e. The van der Waals surface area contributed by atoms with Crippen molar-refractivity contribution < 1.29 is 27.8 Å². The third kappa shape index (κ3) is 3.76. The highest BCUT2D eigenvalue weighted by atomic mass is 79.9. The summed E-state index contributed by atoms with van der Waals surface area (Å²) in [6.45, 7) is -3.03. The Morgan fingerprint density at radius 2 is 2.17 bits per heavy atom. The summed E-state index contributed by atoms with van der Waals surface area (Å²) in [4.78, 5) is 21.8. The van der Waals surface area contributed by atoms with Crippen molar-refractivity contribution in [1.82, 2.24) is 0 Å². The minimum absolute atomic E-state index is 0.152. The molecule has 18 heavy (non-hydrogen) atoms. The Morgan fingerprint density at radius 1 is 1.50 bits per heavy atom. The van der Waals surface area contributed by atoms with Gasteiger partial charge in [0.1, 0.15) is 12.0 Å². The Labute approximate surface area is 110 Å². The van der Waals surface area contributed by atoms with Crippen molar-refractivity contribution in [1.29, 1.82) is 0 Å². The van der Waals surface area contributed by atoms with Crippen LogP contribution in [0.3, 0.4) is 0 Å². The third-order valence-corrected chi connectivity index (χ3v) is 2.64. The van der Waals surface area contributed by atoms with Gasteiger partial charge in [-0.05, 0) is 28.1 Å². The molecule has 0 radical (unpaired) electrons. The van der Waals surface area contributed by atoms with Gasteiger partial charge in [0.15, 0.2) is 0 Å². The topological polar surface area (TPSA) is 52.6 Å². The standard InChI is InChI=1S/C11H9BrF2O4/c1-17-9(16)4-7-2-6(5-15)3-8(12)10(7)18-11(13)14/h2-3,5,11H,4H2,1H3. The van der Waals surface area contributed by atoms with Crippen molar-refractivity contribution in [3.05, 3.63) is 27.7 Å². The Bertz CT molecular complexity index is 463. The van der Waals surface area contributed by atoms with Crippen LogP contribution in [0.25, 0.3) is 0 Å². The summed E-state index contributed by atoms with van der Waals surface area (Å²) < 4.78 is 33.4. The van der Waals surface area contributed by atoms with Gasteiger partial charge in [0, 0.05) is 11.1 Å². The van der Waals surface area contributed by atoms with Crippen LogP contribution in [0.5, 0.6) is 5.75 Å². The molecule has 0 heterocycles. The molecule has 1 rings (SSSR count). The lowest BCUT2D eigenvalue weighted by Crippen LogP contribution is -2.10. The molecular weight excluding hydrogens is 314 g/mol. The molecule has 0 saturated heterocycles. The molecule has 1 aromatic rings. The van der Waals surface area contributed by atoms with E-state index in [1.807, 2.05) is 0 Å². The number of methoxy groups -OCH3 is 1. The molecule has 4 nitrogen and oxygen atoms in total. The Kier molecular flexibility index (Phi) is 5.21. The van der Waals surface area contributed by atoms with Crippen LogP contribution in [0.2, 0.25) is 0 Å². The van der Waals surface area contributed by atoms with E-state index < -0.39 is 12.6 Å². The van der Waals surface area contributed by atoms with Gasteiger partial charge in [-0.3, -0.25) is 9.59 Å². The maximum absolute atomic E-state index is 12.3. The Morgan fingerprint density at radius 3 is 2.67 bits per heavy atom. The number of carbonyl (C=O) groups is 2. The number of hydrogen-bond acceptors (Lipinski definition) is 4. The predicted octanol–water partition coefficient (Wildman–Crippen LogP) is 2.58. The van der Waals surface area contributed by atoms with Gasteiger partial charge in [-0.1, -0.05) is 0 Å². The number of esters is 1. The van der Waals surface area contributed by atoms with Crippen LogP contribution in [-0.2, 0) is 16.0 Å². The Hall–Kier alpha value is -1.50. The molecule has 0 saturated carbocycles. The zero-order chi connectivity index (χ0) is 13.7. The van der Waals surface area contributed by atoms with E-state index in [-0.39, 0.29) is 27.8 Å². The molecule has 0 aliphatic rings. The van der Waals surface area contributed by atoms with Crippen LogP contribution in [-0.4, -0.2) is 26.0 Å². The van der Waals surface area contributed by atoms with E-state index in [9.17, 15) is 18.4 Å². The van der Waals surface area contributed by atoms with Crippen LogP contribution >= 0.6 is 15.9 Å². The number of alkyl halides is 2. The molecule has 0 atom stereocenters. The lowest BCUT2D eigenvalue weighted by molar-refractivity contribution is -0.139. The van der Waals surface area contributed by atoms with Gasteiger partial charge in [-0.25, -0.2) is 0 Å². The molecule has 0 aliphatic carbocycles. The summed E-state index contributed by atoms with van der Waals surface area (Å²) >= 11 is 3.01. The van der Waals surface area contributed by atoms with E-state index >= 15 is 0 Å². The van der Waals surface area contributed by atoms with Gasteiger partial charge in [-0.15, -0.1) is 0 Å². The van der Waals surface area contributed by atoms with Gasteiger partial charge < -0.3 is 9.47 Å². The summed E-state index contributed by atoms with van der Waals surface area (Å²) in [6.07, 6.45) is 0.274. The van der Waals surface area contributed by atoms with Crippen LogP contribution in [0.4, 0.5) is 8.78 Å². The van der Waals surface area contributed by atoms with Crippen molar-refractivity contribution >= 4 is 28.2 Å². The monoisotopic (exact) mass is 322 g/mol. The zero-order valence-corrected chi connectivity index (χ0v) is 10.9. The summed E-state index contributed by atoms with van der Waals surface area (Å²) in [5, 5.41) is 0. The van der Waals surface area contributed by atoms with Crippen molar-refractivity contribution in [3.8, 4) is 5.75 Å². The zero-order valence-electron chi connectivity index (χ0n) is 9.28. The first-order chi connectivity index (χ1) is 8.47. The fraction of sp³-hybridized carbons (Fsp3) is 0.273. The molecule has 0 aliphatic heterocycles. The molecular formula is C11H9BrF2O4. The van der Waals surface area contributed by atoms with Gasteiger partial charge in [0.25, 0.3) is 0 Å². The fourth-order valence-corrected chi connectivity index (χ4v) is 1.93. The fourth-order valence-electron chi connectivity index (χ4n) is 1.32. The maximum Gasteiger partial charge on any atom is 0.387 e. The molecule has 0 spiro atoms.